The van der Waals surface area contributed by atoms with Gasteiger partial charge in [-0.3, -0.25) is 4.90 Å². The van der Waals surface area contributed by atoms with Crippen molar-refractivity contribution in [2.45, 2.75) is 58.5 Å². The maximum absolute atomic E-state index is 14.7. The summed E-state index contributed by atoms with van der Waals surface area (Å²) in [6.45, 7) is 7.14. The molecular weight excluding hydrogens is 500 g/mol. The molecule has 9 heteroatoms. The third-order valence-corrected chi connectivity index (χ3v) is 6.85. The smallest absolute Gasteiger partial charge is 0.416 e. The monoisotopic (exact) mass is 530 g/mol. The van der Waals surface area contributed by atoms with E-state index in [1.807, 2.05) is 13.8 Å². The van der Waals surface area contributed by atoms with Crippen molar-refractivity contribution in [2.75, 3.05) is 12.8 Å². The van der Waals surface area contributed by atoms with Crippen molar-refractivity contribution in [3.05, 3.63) is 82.2 Å². The van der Waals surface area contributed by atoms with Gasteiger partial charge in [-0.05, 0) is 72.4 Å². The number of nitrogens with two attached hydrogens (primary N) is 1. The number of carbonyl (C=O) groups is 1. The summed E-state index contributed by atoms with van der Waals surface area (Å²) in [6.07, 6.45) is -6.06. The zero-order valence-electron chi connectivity index (χ0n) is 21.8. The summed E-state index contributed by atoms with van der Waals surface area (Å²) in [6, 6.07) is 11.4. The van der Waals surface area contributed by atoms with Gasteiger partial charge in [-0.15, -0.1) is 0 Å². The van der Waals surface area contributed by atoms with Gasteiger partial charge in [0.2, 0.25) is 0 Å². The Labute approximate surface area is 219 Å². The summed E-state index contributed by atoms with van der Waals surface area (Å²) in [5.74, 6) is -0.136. The lowest BCUT2D eigenvalue weighted by Crippen LogP contribution is -2.31. The highest BCUT2D eigenvalue weighted by atomic mass is 19.4. The molecule has 202 valence electrons. The van der Waals surface area contributed by atoms with E-state index < -0.39 is 30.0 Å². The van der Waals surface area contributed by atoms with Crippen molar-refractivity contribution in [3.8, 4) is 16.9 Å². The van der Waals surface area contributed by atoms with Crippen LogP contribution in [0.25, 0.3) is 11.1 Å². The third kappa shape index (κ3) is 5.28. The van der Waals surface area contributed by atoms with Crippen LogP contribution in [0.5, 0.6) is 5.75 Å². The lowest BCUT2D eigenvalue weighted by molar-refractivity contribution is -0.137. The predicted molar refractivity (Wildman–Crippen MR) is 137 cm³/mol. The second-order valence-corrected chi connectivity index (χ2v) is 9.95. The fourth-order valence-corrected chi connectivity index (χ4v) is 4.88. The van der Waals surface area contributed by atoms with Crippen LogP contribution < -0.4 is 10.5 Å². The van der Waals surface area contributed by atoms with Crippen molar-refractivity contribution >= 4 is 11.8 Å². The molecule has 0 bridgehead atoms. The van der Waals surface area contributed by atoms with E-state index in [9.17, 15) is 22.4 Å². The molecule has 5 nitrogen and oxygen atoms in total. The fourth-order valence-electron chi connectivity index (χ4n) is 4.88. The molecule has 0 spiro atoms. The van der Waals surface area contributed by atoms with Crippen LogP contribution in [0, 0.1) is 12.7 Å². The average Bonchev–Trinajstić information content (AvgIpc) is 3.11. The molecular formula is C29H30F4N2O3. The first-order valence-electron chi connectivity index (χ1n) is 12.2. The fraction of sp³-hybridized carbons (Fsp3) is 0.345. The predicted octanol–water partition coefficient (Wildman–Crippen LogP) is 7.62. The van der Waals surface area contributed by atoms with E-state index in [-0.39, 0.29) is 23.8 Å². The Kier molecular flexibility index (Phi) is 7.32. The zero-order valence-corrected chi connectivity index (χ0v) is 21.8. The number of nitrogen functional groups attached to an aromatic ring is 1. The Balaban J connectivity index is 1.72. The first-order chi connectivity index (χ1) is 17.8. The first-order valence-corrected chi connectivity index (χ1v) is 12.2. The summed E-state index contributed by atoms with van der Waals surface area (Å²) in [5.41, 5.74) is 8.93. The summed E-state index contributed by atoms with van der Waals surface area (Å²) in [7, 11) is 1.45. The van der Waals surface area contributed by atoms with E-state index in [1.165, 1.54) is 18.1 Å². The van der Waals surface area contributed by atoms with E-state index in [2.05, 4.69) is 0 Å². The molecule has 0 radical (unpaired) electrons. The minimum absolute atomic E-state index is 0.0758. The van der Waals surface area contributed by atoms with Crippen LogP contribution in [0.2, 0.25) is 0 Å². The van der Waals surface area contributed by atoms with E-state index in [1.54, 1.807) is 44.2 Å². The Morgan fingerprint density at radius 3 is 2.42 bits per heavy atom. The second-order valence-electron chi connectivity index (χ2n) is 9.95. The Bertz CT molecular complexity index is 1370. The highest BCUT2D eigenvalue weighted by Gasteiger charge is 2.41. The Hall–Kier alpha value is -3.75. The molecule has 1 aliphatic heterocycles. The van der Waals surface area contributed by atoms with E-state index in [0.29, 0.717) is 39.3 Å². The number of halogens is 4. The molecule has 0 unspecified atom stereocenters. The molecule has 0 saturated carbocycles. The number of carbonyl (C=O) groups excluding carboxylic acids is 1. The summed E-state index contributed by atoms with van der Waals surface area (Å²) >= 11 is 0. The van der Waals surface area contributed by atoms with Gasteiger partial charge in [0.25, 0.3) is 0 Å². The largest absolute Gasteiger partial charge is 0.496 e. The molecule has 4 rings (SSSR count). The molecule has 2 atom stereocenters. The van der Waals surface area contributed by atoms with Gasteiger partial charge in [0.05, 0.1) is 25.3 Å². The summed E-state index contributed by atoms with van der Waals surface area (Å²) < 4.78 is 66.0. The van der Waals surface area contributed by atoms with Crippen LogP contribution in [0.1, 0.15) is 60.6 Å². The van der Waals surface area contributed by atoms with Crippen molar-refractivity contribution < 1.29 is 31.8 Å². The van der Waals surface area contributed by atoms with Crippen LogP contribution in [-0.4, -0.2) is 24.1 Å². The molecule has 38 heavy (non-hydrogen) atoms. The average molecular weight is 531 g/mol. The number of aryl methyl sites for hydroxylation is 1. The van der Waals surface area contributed by atoms with Crippen LogP contribution in [-0.2, 0) is 17.5 Å². The van der Waals surface area contributed by atoms with E-state index in [0.717, 1.165) is 12.1 Å². The molecule has 1 fully saturated rings. The lowest BCUT2D eigenvalue weighted by atomic mass is 9.92. The number of amides is 1. The van der Waals surface area contributed by atoms with Crippen LogP contribution >= 0.6 is 0 Å². The molecule has 3 aromatic carbocycles. The minimum atomic E-state index is -4.52. The SMILES string of the molecule is COc1cc(F)c(C(C)C)cc1-c1ccc(N)cc1CN1C(=O)O[C@H](c2cc(C)cc(C(F)(F)F)c2)[C@@H]1C. The van der Waals surface area contributed by atoms with Gasteiger partial charge in [0.1, 0.15) is 17.7 Å². The third-order valence-electron chi connectivity index (χ3n) is 6.85. The van der Waals surface area contributed by atoms with Crippen LogP contribution in [0.4, 0.5) is 28.0 Å². The molecule has 1 amide bonds. The standard InChI is InChI=1S/C29H30F4N2O3/c1-15(2)23-12-24(26(37-5)13-25(23)30)22-7-6-21(34)11-19(22)14-35-17(4)27(38-28(35)36)18-8-16(3)9-20(10-18)29(31,32)33/h6-13,15,17,27H,14,34H2,1-5H3/t17-,27-/m0/s1. The normalized spacial score (nSPS) is 17.7. The van der Waals surface area contributed by atoms with Crippen molar-refractivity contribution in [1.29, 1.82) is 0 Å². The quantitative estimate of drug-likeness (QED) is 0.263. The van der Waals surface area contributed by atoms with Gasteiger partial charge in [-0.1, -0.05) is 31.5 Å². The summed E-state index contributed by atoms with van der Waals surface area (Å²) in [5, 5.41) is 0. The highest BCUT2D eigenvalue weighted by molar-refractivity contribution is 5.77. The number of hydrogen-bond donors (Lipinski definition) is 1. The molecule has 1 aliphatic rings. The Morgan fingerprint density at radius 1 is 1.08 bits per heavy atom. The topological polar surface area (TPSA) is 64.8 Å². The molecule has 2 N–H and O–H groups in total. The Morgan fingerprint density at radius 2 is 1.79 bits per heavy atom. The highest BCUT2D eigenvalue weighted by Crippen LogP contribution is 2.41. The van der Waals surface area contributed by atoms with Gasteiger partial charge in [-0.25, -0.2) is 9.18 Å². The summed E-state index contributed by atoms with van der Waals surface area (Å²) in [4.78, 5) is 14.4. The number of anilines is 1. The van der Waals surface area contributed by atoms with Gasteiger partial charge in [0.15, 0.2) is 0 Å². The van der Waals surface area contributed by atoms with Gasteiger partial charge in [0, 0.05) is 17.3 Å². The minimum Gasteiger partial charge on any atom is -0.496 e. The maximum atomic E-state index is 14.7. The molecule has 0 aliphatic carbocycles. The number of cyclic esters (lactones) is 1. The number of rotatable bonds is 6. The van der Waals surface area contributed by atoms with E-state index in [4.69, 9.17) is 15.2 Å². The number of alkyl halides is 3. The number of nitrogens with zero attached hydrogens (tertiary/aromatic N) is 1. The molecule has 3 aromatic rings. The number of hydrogen-bond acceptors (Lipinski definition) is 4. The zero-order chi connectivity index (χ0) is 27.9. The van der Waals surface area contributed by atoms with Gasteiger partial charge < -0.3 is 15.2 Å². The number of benzene rings is 3. The van der Waals surface area contributed by atoms with Crippen molar-refractivity contribution in [2.24, 2.45) is 0 Å². The molecule has 1 heterocycles. The lowest BCUT2D eigenvalue weighted by Gasteiger charge is -2.24. The number of methoxy groups -OCH3 is 1. The van der Waals surface area contributed by atoms with Crippen molar-refractivity contribution in [1.82, 2.24) is 4.90 Å². The van der Waals surface area contributed by atoms with Gasteiger partial charge in [-0.2, -0.15) is 13.2 Å². The van der Waals surface area contributed by atoms with Gasteiger partial charge >= 0.3 is 12.3 Å². The molecule has 1 saturated heterocycles. The second kappa shape index (κ2) is 10.2. The first kappa shape index (κ1) is 27.3. The van der Waals surface area contributed by atoms with Crippen LogP contribution in [0.3, 0.4) is 0 Å². The maximum Gasteiger partial charge on any atom is 0.416 e. The molecule has 0 aromatic heterocycles. The van der Waals surface area contributed by atoms with Crippen LogP contribution in [0.15, 0.2) is 48.5 Å². The van der Waals surface area contributed by atoms with Crippen molar-refractivity contribution in [3.63, 3.8) is 0 Å². The van der Waals surface area contributed by atoms with E-state index >= 15 is 0 Å². The number of ether oxygens (including phenoxy) is 2.